The van der Waals surface area contributed by atoms with Gasteiger partial charge in [0.05, 0.1) is 18.6 Å². The van der Waals surface area contributed by atoms with Crippen molar-refractivity contribution < 1.29 is 12.8 Å². The van der Waals surface area contributed by atoms with Crippen molar-refractivity contribution in [3.63, 3.8) is 0 Å². The van der Waals surface area contributed by atoms with Crippen molar-refractivity contribution in [2.45, 2.75) is 26.3 Å². The summed E-state index contributed by atoms with van der Waals surface area (Å²) in [6, 6.07) is 3.56. The van der Waals surface area contributed by atoms with E-state index in [1.54, 1.807) is 18.4 Å². The minimum absolute atomic E-state index is 0.198. The second kappa shape index (κ2) is 7.56. The van der Waals surface area contributed by atoms with Gasteiger partial charge in [0.2, 0.25) is 10.0 Å². The molecule has 6 heteroatoms. The highest BCUT2D eigenvalue weighted by molar-refractivity contribution is 7.89. The van der Waals surface area contributed by atoms with Gasteiger partial charge in [-0.15, -0.1) is 0 Å². The Kier molecular flexibility index (Phi) is 6.38. The summed E-state index contributed by atoms with van der Waals surface area (Å²) in [7, 11) is -1.32. The van der Waals surface area contributed by atoms with E-state index in [1.165, 1.54) is 4.31 Å². The second-order valence-electron chi connectivity index (χ2n) is 4.13. The van der Waals surface area contributed by atoms with Gasteiger partial charge in [0.25, 0.3) is 0 Å². The molecule has 0 aromatic carbocycles. The molecule has 0 saturated carbocycles. The predicted molar refractivity (Wildman–Crippen MR) is 71.7 cm³/mol. The van der Waals surface area contributed by atoms with Crippen molar-refractivity contribution in [3.8, 4) is 0 Å². The normalized spacial score (nSPS) is 12.2. The molecule has 0 aliphatic carbocycles. The van der Waals surface area contributed by atoms with Gasteiger partial charge in [0.15, 0.2) is 0 Å². The number of sulfonamides is 1. The maximum atomic E-state index is 12.1. The smallest absolute Gasteiger partial charge is 0.214 e. The van der Waals surface area contributed by atoms with E-state index >= 15 is 0 Å². The van der Waals surface area contributed by atoms with Gasteiger partial charge in [0, 0.05) is 6.54 Å². The van der Waals surface area contributed by atoms with E-state index < -0.39 is 10.0 Å². The van der Waals surface area contributed by atoms with E-state index in [0.717, 1.165) is 13.0 Å². The molecule has 0 bridgehead atoms. The Morgan fingerprint density at radius 3 is 2.72 bits per heavy atom. The molecule has 104 valence electrons. The first-order chi connectivity index (χ1) is 8.60. The van der Waals surface area contributed by atoms with E-state index in [1.807, 2.05) is 14.0 Å². The molecular formula is C12H22N2O3S. The standard InChI is InChI=1S/C12H22N2O3S/c1-3-14(11-12-7-6-9-17-12)18(15,16)10-5-4-8-13-2/h6-7,9,13H,3-5,8,10-11H2,1-2H3. The summed E-state index contributed by atoms with van der Waals surface area (Å²) in [4.78, 5) is 0. The van der Waals surface area contributed by atoms with Crippen LogP contribution in [0.4, 0.5) is 0 Å². The Morgan fingerprint density at radius 2 is 2.17 bits per heavy atom. The highest BCUT2D eigenvalue weighted by Gasteiger charge is 2.20. The Hall–Kier alpha value is -0.850. The second-order valence-corrected chi connectivity index (χ2v) is 6.22. The van der Waals surface area contributed by atoms with Gasteiger partial charge in [-0.05, 0) is 38.6 Å². The molecule has 1 heterocycles. The summed E-state index contributed by atoms with van der Waals surface area (Å²) < 4.78 is 30.9. The third-order valence-electron chi connectivity index (χ3n) is 2.74. The molecule has 0 radical (unpaired) electrons. The minimum atomic E-state index is -3.18. The first kappa shape index (κ1) is 15.2. The molecule has 1 rings (SSSR count). The molecule has 0 aliphatic heterocycles. The van der Waals surface area contributed by atoms with Gasteiger partial charge in [0.1, 0.15) is 5.76 Å². The van der Waals surface area contributed by atoms with Crippen LogP contribution in [0.5, 0.6) is 0 Å². The van der Waals surface area contributed by atoms with Crippen molar-refractivity contribution in [1.29, 1.82) is 0 Å². The van der Waals surface area contributed by atoms with Crippen molar-refractivity contribution in [2.24, 2.45) is 0 Å². The molecule has 1 N–H and O–H groups in total. The molecule has 0 fully saturated rings. The summed E-state index contributed by atoms with van der Waals surface area (Å²) in [6.07, 6.45) is 3.11. The largest absolute Gasteiger partial charge is 0.468 e. The average Bonchev–Trinajstić information content (AvgIpc) is 2.84. The van der Waals surface area contributed by atoms with E-state index in [2.05, 4.69) is 5.32 Å². The van der Waals surface area contributed by atoms with Crippen molar-refractivity contribution >= 4 is 10.0 Å². The van der Waals surface area contributed by atoms with Crippen LogP contribution in [0.3, 0.4) is 0 Å². The van der Waals surface area contributed by atoms with Gasteiger partial charge in [-0.2, -0.15) is 4.31 Å². The SMILES string of the molecule is CCN(Cc1ccco1)S(=O)(=O)CCCCNC. The topological polar surface area (TPSA) is 62.6 Å². The van der Waals surface area contributed by atoms with Crippen LogP contribution in [-0.4, -0.2) is 38.6 Å². The molecule has 0 unspecified atom stereocenters. The maximum absolute atomic E-state index is 12.1. The van der Waals surface area contributed by atoms with Crippen molar-refractivity contribution in [1.82, 2.24) is 9.62 Å². The number of hydrogen-bond acceptors (Lipinski definition) is 4. The molecule has 0 spiro atoms. The van der Waals surface area contributed by atoms with Crippen LogP contribution >= 0.6 is 0 Å². The zero-order valence-electron chi connectivity index (χ0n) is 11.1. The van der Waals surface area contributed by atoms with Crippen LogP contribution < -0.4 is 5.32 Å². The number of furan rings is 1. The molecule has 0 saturated heterocycles. The van der Waals surface area contributed by atoms with Crippen molar-refractivity contribution in [3.05, 3.63) is 24.2 Å². The molecule has 0 atom stereocenters. The number of hydrogen-bond donors (Lipinski definition) is 1. The lowest BCUT2D eigenvalue weighted by Crippen LogP contribution is -2.32. The first-order valence-corrected chi connectivity index (χ1v) is 7.86. The lowest BCUT2D eigenvalue weighted by atomic mass is 10.3. The highest BCUT2D eigenvalue weighted by Crippen LogP contribution is 2.11. The summed E-state index contributed by atoms with van der Waals surface area (Å²) >= 11 is 0. The van der Waals surface area contributed by atoms with Gasteiger partial charge >= 0.3 is 0 Å². The zero-order valence-corrected chi connectivity index (χ0v) is 11.9. The summed E-state index contributed by atoms with van der Waals surface area (Å²) in [5, 5.41) is 3.01. The average molecular weight is 274 g/mol. The van der Waals surface area contributed by atoms with Crippen LogP contribution in [0.25, 0.3) is 0 Å². The molecule has 18 heavy (non-hydrogen) atoms. The number of nitrogens with zero attached hydrogens (tertiary/aromatic N) is 1. The molecule has 0 aliphatic rings. The molecule has 1 aromatic heterocycles. The van der Waals surface area contributed by atoms with Crippen LogP contribution in [0.2, 0.25) is 0 Å². The number of rotatable bonds is 9. The Bertz CT molecular complexity index is 415. The minimum Gasteiger partial charge on any atom is -0.468 e. The quantitative estimate of drug-likeness (QED) is 0.692. The first-order valence-electron chi connectivity index (χ1n) is 6.25. The monoisotopic (exact) mass is 274 g/mol. The van der Waals surface area contributed by atoms with E-state index in [0.29, 0.717) is 25.3 Å². The molecular weight excluding hydrogens is 252 g/mol. The summed E-state index contributed by atoms with van der Waals surface area (Å²) in [5.41, 5.74) is 0. The lowest BCUT2D eigenvalue weighted by Gasteiger charge is -2.19. The molecule has 5 nitrogen and oxygen atoms in total. The fraction of sp³-hybridized carbons (Fsp3) is 0.667. The highest BCUT2D eigenvalue weighted by atomic mass is 32.2. The zero-order chi connectivity index (χ0) is 13.4. The van der Waals surface area contributed by atoms with Crippen molar-refractivity contribution in [2.75, 3.05) is 25.9 Å². The number of unbranched alkanes of at least 4 members (excludes halogenated alkanes) is 1. The fourth-order valence-electron chi connectivity index (χ4n) is 1.70. The Labute approximate surface area is 109 Å². The lowest BCUT2D eigenvalue weighted by molar-refractivity contribution is 0.375. The summed E-state index contributed by atoms with van der Waals surface area (Å²) in [6.45, 7) is 3.47. The molecule has 0 amide bonds. The number of nitrogens with one attached hydrogen (secondary N) is 1. The molecule has 1 aromatic rings. The predicted octanol–water partition coefficient (Wildman–Crippen LogP) is 1.43. The van der Waals surface area contributed by atoms with Crippen LogP contribution in [-0.2, 0) is 16.6 Å². The van der Waals surface area contributed by atoms with Crippen LogP contribution in [0, 0.1) is 0 Å². The third-order valence-corrected chi connectivity index (χ3v) is 4.72. The van der Waals surface area contributed by atoms with Gasteiger partial charge in [-0.25, -0.2) is 8.42 Å². The van der Waals surface area contributed by atoms with E-state index in [-0.39, 0.29) is 5.75 Å². The summed E-state index contributed by atoms with van der Waals surface area (Å²) in [5.74, 6) is 0.874. The van der Waals surface area contributed by atoms with Gasteiger partial charge < -0.3 is 9.73 Å². The Morgan fingerprint density at radius 1 is 1.39 bits per heavy atom. The van der Waals surface area contributed by atoms with Crippen LogP contribution in [0.1, 0.15) is 25.5 Å². The third kappa shape index (κ3) is 4.80. The van der Waals surface area contributed by atoms with E-state index in [9.17, 15) is 8.42 Å². The van der Waals surface area contributed by atoms with Gasteiger partial charge in [-0.1, -0.05) is 6.92 Å². The van der Waals surface area contributed by atoms with E-state index in [4.69, 9.17) is 4.42 Å². The maximum Gasteiger partial charge on any atom is 0.214 e. The van der Waals surface area contributed by atoms with Gasteiger partial charge in [-0.3, -0.25) is 0 Å². The Balaban J connectivity index is 2.51. The fourth-order valence-corrected chi connectivity index (χ4v) is 3.24. The van der Waals surface area contributed by atoms with Crippen LogP contribution in [0.15, 0.2) is 22.8 Å².